The van der Waals surface area contributed by atoms with Crippen LogP contribution in [-0.4, -0.2) is 22.3 Å². The van der Waals surface area contributed by atoms with Crippen LogP contribution >= 0.6 is 0 Å². The number of aromatic nitrogens is 2. The van der Waals surface area contributed by atoms with Crippen molar-refractivity contribution in [3.8, 4) is 22.4 Å². The molecule has 0 fully saturated rings. The summed E-state index contributed by atoms with van der Waals surface area (Å²) in [6.07, 6.45) is 3.48. The molecule has 2 N–H and O–H groups in total. The number of carbonyl (C=O) groups excluding carboxylic acids is 1. The number of amides is 1. The first-order valence-corrected chi connectivity index (χ1v) is 10.4. The van der Waals surface area contributed by atoms with Crippen molar-refractivity contribution in [3.05, 3.63) is 118 Å². The average molecular weight is 434 g/mol. The average Bonchev–Trinajstić information content (AvgIpc) is 2.85. The molecule has 0 radical (unpaired) electrons. The summed E-state index contributed by atoms with van der Waals surface area (Å²) in [6, 6.07) is 28.5. The van der Waals surface area contributed by atoms with Gasteiger partial charge in [0.2, 0.25) is 0 Å². The fraction of sp³-hybridized carbons (Fsp3) is 0.0370. The van der Waals surface area contributed by atoms with E-state index < -0.39 is 11.5 Å². The summed E-state index contributed by atoms with van der Waals surface area (Å²) in [5.41, 5.74) is 6.19. The lowest BCUT2D eigenvalue weighted by molar-refractivity contribution is 0.0954. The van der Waals surface area contributed by atoms with Gasteiger partial charge < -0.3 is 0 Å². The number of hydrogen-bond acceptors (Lipinski definition) is 4. The van der Waals surface area contributed by atoms with Crippen LogP contribution in [0.25, 0.3) is 28.5 Å². The van der Waals surface area contributed by atoms with Crippen LogP contribution < -0.4 is 11.0 Å². The number of hydrazone groups is 1. The second kappa shape index (κ2) is 10.2. The van der Waals surface area contributed by atoms with Crippen LogP contribution in [-0.2, 0) is 0 Å². The minimum absolute atomic E-state index is 0.0445. The second-order valence-electron chi connectivity index (χ2n) is 7.38. The van der Waals surface area contributed by atoms with Crippen LogP contribution in [0.4, 0.5) is 0 Å². The zero-order chi connectivity index (χ0) is 23.0. The van der Waals surface area contributed by atoms with Crippen molar-refractivity contribution in [1.82, 2.24) is 15.6 Å². The van der Waals surface area contributed by atoms with E-state index in [0.717, 1.165) is 16.7 Å². The highest BCUT2D eigenvalue weighted by Crippen LogP contribution is 2.31. The van der Waals surface area contributed by atoms with Gasteiger partial charge in [-0.3, -0.25) is 9.59 Å². The molecule has 0 bridgehead atoms. The number of H-pyrrole nitrogens is 1. The molecule has 4 rings (SSSR count). The Hall–Kier alpha value is -4.58. The first-order chi connectivity index (χ1) is 16.1. The maximum atomic E-state index is 13.1. The van der Waals surface area contributed by atoms with Crippen molar-refractivity contribution in [2.45, 2.75) is 6.92 Å². The predicted molar refractivity (Wildman–Crippen MR) is 132 cm³/mol. The van der Waals surface area contributed by atoms with Gasteiger partial charge in [0.05, 0.1) is 11.9 Å². The van der Waals surface area contributed by atoms with Gasteiger partial charge in [-0.15, -0.1) is 0 Å². The number of hydrogen-bond donors (Lipinski definition) is 2. The van der Waals surface area contributed by atoms with Crippen LogP contribution in [0.5, 0.6) is 0 Å². The minimum atomic E-state index is -0.613. The Bertz CT molecular complexity index is 1360. The fourth-order valence-electron chi connectivity index (χ4n) is 3.46. The summed E-state index contributed by atoms with van der Waals surface area (Å²) < 4.78 is 0. The van der Waals surface area contributed by atoms with E-state index in [0.29, 0.717) is 16.8 Å². The van der Waals surface area contributed by atoms with Gasteiger partial charge in [0, 0.05) is 11.1 Å². The molecule has 6 nitrogen and oxygen atoms in total. The fourth-order valence-corrected chi connectivity index (χ4v) is 3.46. The Morgan fingerprint density at radius 3 is 2.09 bits per heavy atom. The topological polar surface area (TPSA) is 87.2 Å². The molecule has 6 heteroatoms. The van der Waals surface area contributed by atoms with Gasteiger partial charge in [0.1, 0.15) is 5.56 Å². The Balaban J connectivity index is 1.70. The Morgan fingerprint density at radius 2 is 1.45 bits per heavy atom. The van der Waals surface area contributed by atoms with Crippen molar-refractivity contribution < 1.29 is 4.79 Å². The van der Waals surface area contributed by atoms with Crippen LogP contribution in [0.2, 0.25) is 0 Å². The zero-order valence-electron chi connectivity index (χ0n) is 18.0. The molecule has 1 aromatic heterocycles. The van der Waals surface area contributed by atoms with E-state index in [1.165, 1.54) is 0 Å². The van der Waals surface area contributed by atoms with Crippen LogP contribution in [0.1, 0.15) is 22.8 Å². The number of carbonyl (C=O) groups is 1. The SMILES string of the molecule is CC(C=NNC(=O)c1c(-c2ccccc2)c(-c2ccccc2)n[nH]c1=O)=Cc1ccccc1. The molecule has 0 aliphatic carbocycles. The van der Waals surface area contributed by atoms with Gasteiger partial charge in [-0.05, 0) is 23.6 Å². The molecule has 0 saturated carbocycles. The predicted octanol–water partition coefficient (Wildman–Crippen LogP) is 4.92. The molecule has 1 heterocycles. The van der Waals surface area contributed by atoms with Gasteiger partial charge in [0.25, 0.3) is 11.5 Å². The maximum absolute atomic E-state index is 13.1. The third kappa shape index (κ3) is 5.19. The lowest BCUT2D eigenvalue weighted by Gasteiger charge is -2.12. The highest BCUT2D eigenvalue weighted by atomic mass is 16.2. The van der Waals surface area contributed by atoms with Crippen molar-refractivity contribution in [2.24, 2.45) is 5.10 Å². The molecule has 0 atom stereocenters. The maximum Gasteiger partial charge on any atom is 0.277 e. The number of aromatic amines is 1. The number of rotatable bonds is 6. The van der Waals surface area contributed by atoms with Crippen LogP contribution in [0.3, 0.4) is 0 Å². The first-order valence-electron chi connectivity index (χ1n) is 10.4. The van der Waals surface area contributed by atoms with Gasteiger partial charge in [-0.1, -0.05) is 97.1 Å². The van der Waals surface area contributed by atoms with E-state index in [-0.39, 0.29) is 5.56 Å². The molecular weight excluding hydrogens is 412 g/mol. The Kier molecular flexibility index (Phi) is 6.66. The highest BCUT2D eigenvalue weighted by molar-refractivity contribution is 6.04. The van der Waals surface area contributed by atoms with E-state index in [1.54, 1.807) is 6.21 Å². The summed E-state index contributed by atoms with van der Waals surface area (Å²) in [5.74, 6) is -0.613. The lowest BCUT2D eigenvalue weighted by Crippen LogP contribution is -2.28. The lowest BCUT2D eigenvalue weighted by atomic mass is 9.95. The normalized spacial score (nSPS) is 11.5. The number of nitrogens with one attached hydrogen (secondary N) is 2. The molecule has 1 amide bonds. The number of benzene rings is 3. The molecule has 0 aliphatic heterocycles. The third-order valence-corrected chi connectivity index (χ3v) is 4.95. The molecule has 0 saturated heterocycles. The van der Waals surface area contributed by atoms with Crippen LogP contribution in [0.15, 0.2) is 106 Å². The number of nitrogens with zero attached hydrogens (tertiary/aromatic N) is 2. The second-order valence-corrected chi connectivity index (χ2v) is 7.38. The summed E-state index contributed by atoms with van der Waals surface area (Å²) in [4.78, 5) is 25.8. The largest absolute Gasteiger partial charge is 0.277 e. The Labute approximate surface area is 191 Å². The Morgan fingerprint density at radius 1 is 0.879 bits per heavy atom. The molecule has 162 valence electrons. The van der Waals surface area contributed by atoms with Gasteiger partial charge in [-0.2, -0.15) is 10.2 Å². The van der Waals surface area contributed by atoms with Gasteiger partial charge in [-0.25, -0.2) is 10.5 Å². The van der Waals surface area contributed by atoms with Crippen molar-refractivity contribution in [1.29, 1.82) is 0 Å². The van der Waals surface area contributed by atoms with Gasteiger partial charge >= 0.3 is 0 Å². The molecule has 3 aromatic carbocycles. The molecule has 0 aliphatic rings. The monoisotopic (exact) mass is 434 g/mol. The van der Waals surface area contributed by atoms with E-state index >= 15 is 0 Å². The standard InChI is InChI=1S/C27H22N4O2/c1-19(17-20-11-5-2-6-12-20)18-28-30-26(32)24-23(21-13-7-3-8-14-21)25(29-31-27(24)33)22-15-9-4-10-16-22/h2-18H,1H3,(H,30,32)(H,31,33). The molecular formula is C27H22N4O2. The highest BCUT2D eigenvalue weighted by Gasteiger charge is 2.22. The van der Waals surface area contributed by atoms with E-state index in [4.69, 9.17) is 0 Å². The van der Waals surface area contributed by atoms with Crippen molar-refractivity contribution in [2.75, 3.05) is 0 Å². The zero-order valence-corrected chi connectivity index (χ0v) is 18.0. The minimum Gasteiger partial charge on any atom is -0.267 e. The molecule has 0 unspecified atom stereocenters. The summed E-state index contributed by atoms with van der Waals surface area (Å²) in [6.45, 7) is 1.88. The quantitative estimate of drug-likeness (QED) is 0.333. The van der Waals surface area contributed by atoms with Crippen LogP contribution in [0, 0.1) is 0 Å². The van der Waals surface area contributed by atoms with E-state index in [2.05, 4.69) is 20.7 Å². The van der Waals surface area contributed by atoms with Crippen molar-refractivity contribution >= 4 is 18.2 Å². The summed E-state index contributed by atoms with van der Waals surface area (Å²) >= 11 is 0. The smallest absolute Gasteiger partial charge is 0.267 e. The first kappa shape index (κ1) is 21.6. The molecule has 0 spiro atoms. The van der Waals surface area contributed by atoms with E-state index in [9.17, 15) is 9.59 Å². The molecule has 33 heavy (non-hydrogen) atoms. The third-order valence-electron chi connectivity index (χ3n) is 4.95. The van der Waals surface area contributed by atoms with E-state index in [1.807, 2.05) is 104 Å². The number of allylic oxidation sites excluding steroid dienone is 1. The molecule has 4 aromatic rings. The summed E-state index contributed by atoms with van der Waals surface area (Å²) in [7, 11) is 0. The van der Waals surface area contributed by atoms with Gasteiger partial charge in [0.15, 0.2) is 0 Å². The summed E-state index contributed by atoms with van der Waals surface area (Å²) in [5, 5.41) is 10.8. The van der Waals surface area contributed by atoms with Crippen molar-refractivity contribution in [3.63, 3.8) is 0 Å².